The van der Waals surface area contributed by atoms with Gasteiger partial charge in [0.2, 0.25) is 5.88 Å². The number of methoxy groups -OCH3 is 1. The molecule has 3 heterocycles. The molecule has 0 unspecified atom stereocenters. The Morgan fingerprint density at radius 2 is 1.94 bits per heavy atom. The van der Waals surface area contributed by atoms with Crippen LogP contribution in [0.2, 0.25) is 0 Å². The number of esters is 1. The Morgan fingerprint density at radius 3 is 2.55 bits per heavy atom. The average Bonchev–Trinajstić information content (AvgIpc) is 3.11. The van der Waals surface area contributed by atoms with E-state index in [0.717, 1.165) is 41.4 Å². The molecule has 1 saturated heterocycles. The van der Waals surface area contributed by atoms with Crippen molar-refractivity contribution in [2.75, 3.05) is 26.7 Å². The van der Waals surface area contributed by atoms with Gasteiger partial charge in [-0.25, -0.2) is 19.4 Å². The fourth-order valence-corrected chi connectivity index (χ4v) is 2.68. The highest BCUT2D eigenvalue weighted by Gasteiger charge is 2.38. The highest BCUT2D eigenvalue weighted by Crippen LogP contribution is 2.32. The number of pyridine rings is 1. The van der Waals surface area contributed by atoms with E-state index in [0.29, 0.717) is 0 Å². The molecule has 0 N–H and O–H groups in total. The van der Waals surface area contributed by atoms with Gasteiger partial charge in [-0.1, -0.05) is 0 Å². The summed E-state index contributed by atoms with van der Waals surface area (Å²) in [4.78, 5) is 20.1. The van der Waals surface area contributed by atoms with Crippen LogP contribution in [0.25, 0.3) is 17.6 Å². The van der Waals surface area contributed by atoms with Crippen LogP contribution in [0.5, 0.6) is 5.88 Å². The first-order valence-corrected chi connectivity index (χ1v) is 8.65. The summed E-state index contributed by atoms with van der Waals surface area (Å²) in [7, 11) is 1.16. The van der Waals surface area contributed by atoms with Crippen molar-refractivity contribution in [3.63, 3.8) is 0 Å². The van der Waals surface area contributed by atoms with Crippen LogP contribution in [0.15, 0.2) is 24.5 Å². The number of carbonyl (C=O) groups is 1. The number of likely N-dealkylation sites (tertiary alicyclic amines) is 1. The molecule has 8 nitrogen and oxygen atoms in total. The van der Waals surface area contributed by atoms with Crippen molar-refractivity contribution in [2.45, 2.75) is 18.5 Å². The van der Waals surface area contributed by atoms with Gasteiger partial charge in [0.1, 0.15) is 18.1 Å². The first-order chi connectivity index (χ1) is 14.4. The van der Waals surface area contributed by atoms with Gasteiger partial charge in [-0.3, -0.25) is 4.90 Å². The van der Waals surface area contributed by atoms with Crippen LogP contribution in [0.1, 0.15) is 5.69 Å². The van der Waals surface area contributed by atoms with Gasteiger partial charge in [-0.15, -0.1) is 5.10 Å². The fourth-order valence-electron chi connectivity index (χ4n) is 2.68. The van der Waals surface area contributed by atoms with Crippen molar-refractivity contribution in [3.8, 4) is 17.3 Å². The highest BCUT2D eigenvalue weighted by atomic mass is 19.4. The topological polar surface area (TPSA) is 82.4 Å². The SMILES string of the molecule is COc1cc(-c2ncn(/C=C\C(=O)OC3CN(CC(F)(F)F)C3)n2)cc(C(F)(F)F)n1. The number of aromatic nitrogens is 4. The van der Waals surface area contributed by atoms with Crippen LogP contribution in [0.4, 0.5) is 26.3 Å². The molecule has 0 amide bonds. The Hall–Kier alpha value is -3.16. The second-order valence-electron chi connectivity index (χ2n) is 6.51. The first-order valence-electron chi connectivity index (χ1n) is 8.65. The number of carbonyl (C=O) groups excluding carboxylic acids is 1. The predicted octanol–water partition coefficient (Wildman–Crippen LogP) is 2.63. The van der Waals surface area contributed by atoms with Crippen molar-refractivity contribution in [3.05, 3.63) is 30.2 Å². The Bertz CT molecular complexity index is 966. The van der Waals surface area contributed by atoms with Crippen LogP contribution in [-0.4, -0.2) is 69.6 Å². The van der Waals surface area contributed by atoms with Crippen molar-refractivity contribution in [1.82, 2.24) is 24.6 Å². The summed E-state index contributed by atoms with van der Waals surface area (Å²) in [5, 5.41) is 3.94. The molecule has 0 aliphatic carbocycles. The van der Waals surface area contributed by atoms with Gasteiger partial charge in [0.15, 0.2) is 5.82 Å². The van der Waals surface area contributed by atoms with Gasteiger partial charge in [-0.2, -0.15) is 26.3 Å². The van der Waals surface area contributed by atoms with Gasteiger partial charge in [0.05, 0.1) is 13.7 Å². The Morgan fingerprint density at radius 1 is 1.23 bits per heavy atom. The fraction of sp³-hybridized carbons (Fsp3) is 0.412. The molecule has 0 radical (unpaired) electrons. The Balaban J connectivity index is 1.60. The maximum absolute atomic E-state index is 13.0. The van der Waals surface area contributed by atoms with Gasteiger partial charge >= 0.3 is 18.3 Å². The van der Waals surface area contributed by atoms with Gasteiger partial charge < -0.3 is 9.47 Å². The third-order valence-electron chi connectivity index (χ3n) is 4.04. The smallest absolute Gasteiger partial charge is 0.433 e. The standard InChI is InChI=1S/C17H15F6N5O3/c1-30-13-5-10(4-12(25-13)17(21,22)23)15-24-9-28(26-15)3-2-14(29)31-11-6-27(7-11)8-16(18,19)20/h2-5,9,11H,6-8H2,1H3/b3-2-. The molecule has 14 heteroatoms. The number of hydrogen-bond donors (Lipinski definition) is 0. The predicted molar refractivity (Wildman–Crippen MR) is 92.5 cm³/mol. The van der Waals surface area contributed by atoms with E-state index in [-0.39, 0.29) is 30.4 Å². The molecule has 31 heavy (non-hydrogen) atoms. The van der Waals surface area contributed by atoms with E-state index >= 15 is 0 Å². The lowest BCUT2D eigenvalue weighted by atomic mass is 10.1. The van der Waals surface area contributed by atoms with Gasteiger partial charge in [0, 0.05) is 37.0 Å². The van der Waals surface area contributed by atoms with Crippen LogP contribution >= 0.6 is 0 Å². The number of ether oxygens (including phenoxy) is 2. The second kappa shape index (κ2) is 8.53. The number of nitrogens with zero attached hydrogens (tertiary/aromatic N) is 5. The molecule has 0 bridgehead atoms. The van der Waals surface area contributed by atoms with E-state index in [4.69, 9.17) is 9.47 Å². The summed E-state index contributed by atoms with van der Waals surface area (Å²) in [6.07, 6.45) is -6.41. The normalized spacial score (nSPS) is 15.8. The van der Waals surface area contributed by atoms with Crippen LogP contribution in [0, 0.1) is 0 Å². The van der Waals surface area contributed by atoms with Crippen molar-refractivity contribution < 1.29 is 40.6 Å². The molecular formula is C17H15F6N5O3. The molecular weight excluding hydrogens is 436 g/mol. The number of alkyl halides is 6. The molecule has 0 atom stereocenters. The van der Waals surface area contributed by atoms with Gasteiger partial charge in [-0.05, 0) is 6.07 Å². The molecule has 1 aliphatic heterocycles. The van der Waals surface area contributed by atoms with Crippen molar-refractivity contribution in [2.24, 2.45) is 0 Å². The molecule has 0 saturated carbocycles. The van der Waals surface area contributed by atoms with Gasteiger partial charge in [0.25, 0.3) is 0 Å². The highest BCUT2D eigenvalue weighted by molar-refractivity contribution is 5.85. The molecule has 2 aromatic rings. The molecule has 168 valence electrons. The van der Waals surface area contributed by atoms with E-state index < -0.39 is 36.7 Å². The van der Waals surface area contributed by atoms with E-state index in [1.165, 1.54) is 6.07 Å². The zero-order chi connectivity index (χ0) is 22.8. The number of halogens is 6. The largest absolute Gasteiger partial charge is 0.481 e. The lowest BCUT2D eigenvalue weighted by Gasteiger charge is -2.38. The molecule has 2 aromatic heterocycles. The monoisotopic (exact) mass is 451 g/mol. The summed E-state index contributed by atoms with van der Waals surface area (Å²) >= 11 is 0. The van der Waals surface area contributed by atoms with Crippen molar-refractivity contribution in [1.29, 1.82) is 0 Å². The summed E-state index contributed by atoms with van der Waals surface area (Å²) in [6.45, 7) is -1.13. The minimum absolute atomic E-state index is 0.00637. The molecule has 0 spiro atoms. The summed E-state index contributed by atoms with van der Waals surface area (Å²) in [6, 6.07) is 1.97. The minimum atomic E-state index is -4.70. The molecule has 1 aliphatic rings. The molecule has 3 rings (SSSR count). The quantitative estimate of drug-likeness (QED) is 0.379. The zero-order valence-corrected chi connectivity index (χ0v) is 15.8. The maximum atomic E-state index is 13.0. The number of rotatable bonds is 6. The Labute approximate surface area is 171 Å². The van der Waals surface area contributed by atoms with E-state index in [1.807, 2.05) is 0 Å². The van der Waals surface area contributed by atoms with E-state index in [2.05, 4.69) is 15.1 Å². The van der Waals surface area contributed by atoms with Crippen LogP contribution < -0.4 is 4.74 Å². The number of hydrogen-bond acceptors (Lipinski definition) is 7. The summed E-state index contributed by atoms with van der Waals surface area (Å²) in [5.41, 5.74) is -1.19. The van der Waals surface area contributed by atoms with E-state index in [9.17, 15) is 31.1 Å². The second-order valence-corrected chi connectivity index (χ2v) is 6.51. The lowest BCUT2D eigenvalue weighted by Crippen LogP contribution is -2.55. The zero-order valence-electron chi connectivity index (χ0n) is 15.8. The third-order valence-corrected chi connectivity index (χ3v) is 4.04. The maximum Gasteiger partial charge on any atom is 0.433 e. The minimum Gasteiger partial charge on any atom is -0.481 e. The van der Waals surface area contributed by atoms with Crippen LogP contribution in [-0.2, 0) is 15.7 Å². The van der Waals surface area contributed by atoms with E-state index in [1.54, 1.807) is 0 Å². The average molecular weight is 451 g/mol. The molecule has 1 fully saturated rings. The third kappa shape index (κ3) is 6.16. The Kier molecular flexibility index (Phi) is 6.20. The summed E-state index contributed by atoms with van der Waals surface area (Å²) in [5.74, 6) is -1.16. The molecule has 0 aromatic carbocycles. The van der Waals surface area contributed by atoms with Crippen LogP contribution in [0.3, 0.4) is 0 Å². The van der Waals surface area contributed by atoms with Crippen molar-refractivity contribution >= 4 is 12.2 Å². The lowest BCUT2D eigenvalue weighted by molar-refractivity contribution is -0.175. The first kappa shape index (κ1) is 22.5. The summed E-state index contributed by atoms with van der Waals surface area (Å²) < 4.78 is 86.4.